The van der Waals surface area contributed by atoms with E-state index in [9.17, 15) is 4.79 Å². The Morgan fingerprint density at radius 3 is 2.50 bits per heavy atom. The summed E-state index contributed by atoms with van der Waals surface area (Å²) < 4.78 is 5.24. The van der Waals surface area contributed by atoms with Gasteiger partial charge in [0.1, 0.15) is 17.9 Å². The average molecular weight is 336 g/mol. The lowest BCUT2D eigenvalue weighted by molar-refractivity contribution is -0.118. The van der Waals surface area contributed by atoms with Crippen LogP contribution in [0.5, 0.6) is 5.75 Å². The molecule has 0 bridgehead atoms. The van der Waals surface area contributed by atoms with Gasteiger partial charge in [-0.15, -0.1) is 0 Å². The molecular formula is C13H7Cl2N5O2. The third-order valence-electron chi connectivity index (χ3n) is 2.39. The molecule has 0 atom stereocenters. The van der Waals surface area contributed by atoms with E-state index in [0.717, 1.165) is 0 Å². The first-order valence-corrected chi connectivity index (χ1v) is 6.56. The molecule has 9 heteroatoms. The Kier molecular flexibility index (Phi) is 4.84. The summed E-state index contributed by atoms with van der Waals surface area (Å²) in [6, 6.07) is 8.04. The molecule has 0 aliphatic carbocycles. The molecule has 0 saturated heterocycles. The highest BCUT2D eigenvalue weighted by molar-refractivity contribution is 6.34. The summed E-state index contributed by atoms with van der Waals surface area (Å²) in [5, 5.41) is 20.7. The number of ether oxygens (including phenoxy) is 1. The molecular weight excluding hydrogens is 329 g/mol. The second-order valence-electron chi connectivity index (χ2n) is 3.97. The van der Waals surface area contributed by atoms with E-state index >= 15 is 0 Å². The van der Waals surface area contributed by atoms with Crippen molar-refractivity contribution in [2.45, 2.75) is 0 Å². The van der Waals surface area contributed by atoms with Crippen LogP contribution in [-0.4, -0.2) is 22.5 Å². The minimum Gasteiger partial charge on any atom is -0.484 e. The Balaban J connectivity index is 1.97. The van der Waals surface area contributed by atoms with Gasteiger partial charge in [0, 0.05) is 10.0 Å². The van der Waals surface area contributed by atoms with Gasteiger partial charge in [0.2, 0.25) is 5.95 Å². The normalized spacial score (nSPS) is 9.64. The van der Waals surface area contributed by atoms with Crippen molar-refractivity contribution in [1.82, 2.24) is 9.97 Å². The number of benzene rings is 1. The van der Waals surface area contributed by atoms with E-state index in [1.165, 1.54) is 18.2 Å². The number of H-pyrrole nitrogens is 1. The lowest BCUT2D eigenvalue weighted by atomic mass is 10.3. The molecule has 0 spiro atoms. The summed E-state index contributed by atoms with van der Waals surface area (Å²) in [6.45, 7) is -0.318. The van der Waals surface area contributed by atoms with Crippen molar-refractivity contribution in [3.63, 3.8) is 0 Å². The Labute approximate surface area is 135 Å². The fourth-order valence-corrected chi connectivity index (χ4v) is 2.03. The van der Waals surface area contributed by atoms with Crippen molar-refractivity contribution in [1.29, 1.82) is 10.5 Å². The average Bonchev–Trinajstić information content (AvgIpc) is 2.86. The summed E-state index contributed by atoms with van der Waals surface area (Å²) in [4.78, 5) is 18.0. The van der Waals surface area contributed by atoms with Crippen LogP contribution in [0, 0.1) is 22.7 Å². The monoisotopic (exact) mass is 335 g/mol. The maximum atomic E-state index is 11.7. The number of nitrogens with zero attached hydrogens (tertiary/aromatic N) is 3. The Bertz CT molecular complexity index is 752. The lowest BCUT2D eigenvalue weighted by Crippen LogP contribution is -2.20. The number of anilines is 1. The van der Waals surface area contributed by atoms with E-state index in [1.807, 2.05) is 0 Å². The van der Waals surface area contributed by atoms with Crippen LogP contribution in [0.2, 0.25) is 10.0 Å². The number of hydrogen-bond donors (Lipinski definition) is 2. The summed E-state index contributed by atoms with van der Waals surface area (Å²) >= 11 is 11.6. The van der Waals surface area contributed by atoms with E-state index < -0.39 is 5.91 Å². The Morgan fingerprint density at radius 1 is 1.27 bits per heavy atom. The van der Waals surface area contributed by atoms with Crippen LogP contribution >= 0.6 is 23.2 Å². The quantitative estimate of drug-likeness (QED) is 0.890. The van der Waals surface area contributed by atoms with Crippen molar-refractivity contribution >= 4 is 35.1 Å². The summed E-state index contributed by atoms with van der Waals surface area (Å²) in [5.41, 5.74) is -0.124. The minimum absolute atomic E-state index is 0.00849. The molecule has 0 saturated carbocycles. The SMILES string of the molecule is N#Cc1nc(NC(=O)COc2cc(Cl)cc(Cl)c2)[nH]c1C#N. The van der Waals surface area contributed by atoms with E-state index in [-0.39, 0.29) is 23.9 Å². The van der Waals surface area contributed by atoms with Gasteiger partial charge in [0.15, 0.2) is 18.0 Å². The number of aromatic nitrogens is 2. The molecule has 1 amide bonds. The predicted molar refractivity (Wildman–Crippen MR) is 78.6 cm³/mol. The van der Waals surface area contributed by atoms with E-state index in [0.29, 0.717) is 15.8 Å². The maximum absolute atomic E-state index is 11.7. The minimum atomic E-state index is -0.529. The number of imidazole rings is 1. The van der Waals surface area contributed by atoms with Crippen molar-refractivity contribution in [2.24, 2.45) is 0 Å². The standard InChI is InChI=1S/C13H7Cl2N5O2/c14-7-1-8(15)3-9(2-7)22-6-12(21)20-13-18-10(4-16)11(5-17)19-13/h1-3H,6H2,(H2,18,19,20,21). The second kappa shape index (κ2) is 6.81. The molecule has 0 aliphatic heterocycles. The molecule has 7 nitrogen and oxygen atoms in total. The molecule has 2 aromatic rings. The van der Waals surface area contributed by atoms with E-state index in [4.69, 9.17) is 38.5 Å². The number of nitriles is 2. The van der Waals surface area contributed by atoms with Gasteiger partial charge in [-0.25, -0.2) is 4.98 Å². The zero-order valence-electron chi connectivity index (χ0n) is 10.9. The van der Waals surface area contributed by atoms with Crippen LogP contribution in [0.25, 0.3) is 0 Å². The van der Waals surface area contributed by atoms with Crippen molar-refractivity contribution in [3.05, 3.63) is 39.6 Å². The first-order chi connectivity index (χ1) is 10.5. The molecule has 110 valence electrons. The molecule has 2 rings (SSSR count). The number of rotatable bonds is 4. The smallest absolute Gasteiger partial charge is 0.264 e. The summed E-state index contributed by atoms with van der Waals surface area (Å²) in [7, 11) is 0. The number of carbonyl (C=O) groups excluding carboxylic acids is 1. The van der Waals surface area contributed by atoms with Crippen LogP contribution in [0.4, 0.5) is 5.95 Å². The van der Waals surface area contributed by atoms with E-state index in [1.54, 1.807) is 12.1 Å². The molecule has 0 unspecified atom stereocenters. The van der Waals surface area contributed by atoms with Crippen LogP contribution < -0.4 is 10.1 Å². The van der Waals surface area contributed by atoms with Gasteiger partial charge in [-0.3, -0.25) is 10.1 Å². The van der Waals surface area contributed by atoms with Crippen molar-refractivity contribution in [3.8, 4) is 17.9 Å². The molecule has 0 fully saturated rings. The van der Waals surface area contributed by atoms with Gasteiger partial charge in [0.25, 0.3) is 5.91 Å². The summed E-state index contributed by atoms with van der Waals surface area (Å²) in [6.07, 6.45) is 0. The number of carbonyl (C=O) groups is 1. The van der Waals surface area contributed by atoms with Crippen LogP contribution in [0.1, 0.15) is 11.4 Å². The van der Waals surface area contributed by atoms with Crippen molar-refractivity contribution in [2.75, 3.05) is 11.9 Å². The molecule has 0 aliphatic rings. The van der Waals surface area contributed by atoms with E-state index in [2.05, 4.69) is 15.3 Å². The van der Waals surface area contributed by atoms with Gasteiger partial charge in [-0.2, -0.15) is 10.5 Å². The number of nitrogens with one attached hydrogen (secondary N) is 2. The molecule has 0 radical (unpaired) electrons. The third kappa shape index (κ3) is 3.89. The lowest BCUT2D eigenvalue weighted by Gasteiger charge is -2.06. The highest BCUT2D eigenvalue weighted by Gasteiger charge is 2.12. The molecule has 1 heterocycles. The number of amides is 1. The van der Waals surface area contributed by atoms with Gasteiger partial charge < -0.3 is 9.72 Å². The second-order valence-corrected chi connectivity index (χ2v) is 4.85. The van der Waals surface area contributed by atoms with Gasteiger partial charge in [0.05, 0.1) is 0 Å². The molecule has 2 N–H and O–H groups in total. The maximum Gasteiger partial charge on any atom is 0.264 e. The summed E-state index contributed by atoms with van der Waals surface area (Å²) in [5.74, 6) is -0.202. The fourth-order valence-electron chi connectivity index (χ4n) is 1.52. The molecule has 1 aromatic carbocycles. The zero-order valence-corrected chi connectivity index (χ0v) is 12.4. The Hall–Kier alpha value is -2.74. The van der Waals surface area contributed by atoms with Crippen LogP contribution in [0.15, 0.2) is 18.2 Å². The largest absolute Gasteiger partial charge is 0.484 e. The Morgan fingerprint density at radius 2 is 1.95 bits per heavy atom. The topological polar surface area (TPSA) is 115 Å². The van der Waals surface area contributed by atoms with Crippen molar-refractivity contribution < 1.29 is 9.53 Å². The highest BCUT2D eigenvalue weighted by Crippen LogP contribution is 2.24. The van der Waals surface area contributed by atoms with Crippen LogP contribution in [-0.2, 0) is 4.79 Å². The number of hydrogen-bond acceptors (Lipinski definition) is 5. The first kappa shape index (κ1) is 15.6. The fraction of sp³-hybridized carbons (Fsp3) is 0.0769. The third-order valence-corrected chi connectivity index (χ3v) is 2.82. The highest BCUT2D eigenvalue weighted by atomic mass is 35.5. The van der Waals surface area contributed by atoms with Gasteiger partial charge >= 0.3 is 0 Å². The van der Waals surface area contributed by atoms with Gasteiger partial charge in [-0.1, -0.05) is 23.2 Å². The first-order valence-electron chi connectivity index (χ1n) is 5.80. The zero-order chi connectivity index (χ0) is 16.1. The number of aromatic amines is 1. The molecule has 1 aromatic heterocycles. The predicted octanol–water partition coefficient (Wildman–Crippen LogP) is 2.48. The molecule has 22 heavy (non-hydrogen) atoms. The van der Waals surface area contributed by atoms with Crippen LogP contribution in [0.3, 0.4) is 0 Å². The number of halogens is 2. The van der Waals surface area contributed by atoms with Gasteiger partial charge in [-0.05, 0) is 18.2 Å².